The Labute approximate surface area is 91.5 Å². The van der Waals surface area contributed by atoms with E-state index in [1.54, 1.807) is 6.07 Å². The summed E-state index contributed by atoms with van der Waals surface area (Å²) in [5, 5.41) is 9.80. The SMILES string of the molecule is CCN(CC)c1ccc([C@H](C)N)c(O)c1. The number of benzene rings is 1. The number of nitrogens with two attached hydrogens (primary N) is 1. The normalized spacial score (nSPS) is 12.5. The summed E-state index contributed by atoms with van der Waals surface area (Å²) in [4.78, 5) is 2.19. The summed E-state index contributed by atoms with van der Waals surface area (Å²) in [7, 11) is 0. The molecular formula is C12H20N2O. The van der Waals surface area contributed by atoms with E-state index in [0.29, 0.717) is 0 Å². The zero-order valence-electron chi connectivity index (χ0n) is 9.70. The first-order valence-corrected chi connectivity index (χ1v) is 5.43. The standard InChI is InChI=1S/C12H20N2O/c1-4-14(5-2)10-6-7-11(9(3)13)12(15)8-10/h6-9,15H,4-5,13H2,1-3H3/t9-/m0/s1. The highest BCUT2D eigenvalue weighted by atomic mass is 16.3. The molecule has 3 nitrogen and oxygen atoms in total. The van der Waals surface area contributed by atoms with Gasteiger partial charge in [-0.25, -0.2) is 0 Å². The molecule has 0 saturated heterocycles. The summed E-state index contributed by atoms with van der Waals surface area (Å²) in [6, 6.07) is 5.56. The molecule has 0 unspecified atom stereocenters. The van der Waals surface area contributed by atoms with E-state index in [1.807, 2.05) is 19.1 Å². The summed E-state index contributed by atoms with van der Waals surface area (Å²) >= 11 is 0. The molecule has 0 fully saturated rings. The Bertz CT molecular complexity index is 319. The van der Waals surface area contributed by atoms with E-state index in [0.717, 1.165) is 24.3 Å². The predicted octanol–water partition coefficient (Wildman–Crippen LogP) is 2.26. The molecule has 1 rings (SSSR count). The van der Waals surface area contributed by atoms with E-state index in [1.165, 1.54) is 0 Å². The van der Waals surface area contributed by atoms with Gasteiger partial charge in [0.05, 0.1) is 0 Å². The Balaban J connectivity index is 3.00. The number of anilines is 1. The van der Waals surface area contributed by atoms with Crippen molar-refractivity contribution in [2.45, 2.75) is 26.8 Å². The number of hydrogen-bond donors (Lipinski definition) is 2. The summed E-state index contributed by atoms with van der Waals surface area (Å²) in [5.41, 5.74) is 7.57. The van der Waals surface area contributed by atoms with Crippen molar-refractivity contribution in [3.63, 3.8) is 0 Å². The number of hydrogen-bond acceptors (Lipinski definition) is 3. The smallest absolute Gasteiger partial charge is 0.122 e. The van der Waals surface area contributed by atoms with Gasteiger partial charge in [-0.1, -0.05) is 6.07 Å². The van der Waals surface area contributed by atoms with Crippen LogP contribution in [0.4, 0.5) is 5.69 Å². The fourth-order valence-corrected chi connectivity index (χ4v) is 1.70. The molecule has 0 aliphatic carbocycles. The monoisotopic (exact) mass is 208 g/mol. The van der Waals surface area contributed by atoms with Gasteiger partial charge in [-0.05, 0) is 26.8 Å². The third kappa shape index (κ3) is 2.63. The first-order chi connectivity index (χ1) is 7.10. The van der Waals surface area contributed by atoms with Gasteiger partial charge in [-0.2, -0.15) is 0 Å². The van der Waals surface area contributed by atoms with Crippen LogP contribution in [0, 0.1) is 0 Å². The van der Waals surface area contributed by atoms with E-state index in [2.05, 4.69) is 18.7 Å². The largest absolute Gasteiger partial charge is 0.508 e. The van der Waals surface area contributed by atoms with Gasteiger partial charge in [0.25, 0.3) is 0 Å². The van der Waals surface area contributed by atoms with E-state index in [-0.39, 0.29) is 11.8 Å². The molecule has 0 aliphatic heterocycles. The lowest BCUT2D eigenvalue weighted by atomic mass is 10.1. The minimum absolute atomic E-state index is 0.129. The van der Waals surface area contributed by atoms with Crippen molar-refractivity contribution in [1.29, 1.82) is 0 Å². The molecule has 0 aromatic heterocycles. The second-order valence-corrected chi connectivity index (χ2v) is 3.70. The molecule has 0 bridgehead atoms. The van der Waals surface area contributed by atoms with Crippen LogP contribution in [-0.2, 0) is 0 Å². The summed E-state index contributed by atoms with van der Waals surface area (Å²) in [6.45, 7) is 7.94. The van der Waals surface area contributed by atoms with Crippen LogP contribution < -0.4 is 10.6 Å². The fraction of sp³-hybridized carbons (Fsp3) is 0.500. The summed E-state index contributed by atoms with van der Waals surface area (Å²) in [5.74, 6) is 0.286. The van der Waals surface area contributed by atoms with Gasteiger partial charge < -0.3 is 15.7 Å². The van der Waals surface area contributed by atoms with Crippen LogP contribution in [0.25, 0.3) is 0 Å². The Morgan fingerprint density at radius 1 is 1.33 bits per heavy atom. The van der Waals surface area contributed by atoms with Crippen molar-refractivity contribution in [1.82, 2.24) is 0 Å². The molecule has 84 valence electrons. The van der Waals surface area contributed by atoms with Crippen LogP contribution in [0.5, 0.6) is 5.75 Å². The topological polar surface area (TPSA) is 49.5 Å². The average molecular weight is 208 g/mol. The molecule has 1 aromatic carbocycles. The number of rotatable bonds is 4. The van der Waals surface area contributed by atoms with Crippen molar-refractivity contribution >= 4 is 5.69 Å². The summed E-state index contributed by atoms with van der Waals surface area (Å²) in [6.07, 6.45) is 0. The molecule has 0 amide bonds. The van der Waals surface area contributed by atoms with Crippen molar-refractivity contribution in [3.05, 3.63) is 23.8 Å². The van der Waals surface area contributed by atoms with Crippen molar-refractivity contribution in [2.75, 3.05) is 18.0 Å². The van der Waals surface area contributed by atoms with Gasteiger partial charge in [0.15, 0.2) is 0 Å². The minimum atomic E-state index is -0.129. The van der Waals surface area contributed by atoms with Crippen LogP contribution in [0.3, 0.4) is 0 Å². The molecule has 3 N–H and O–H groups in total. The second-order valence-electron chi connectivity index (χ2n) is 3.70. The van der Waals surface area contributed by atoms with E-state index in [4.69, 9.17) is 5.73 Å². The second kappa shape index (κ2) is 5.03. The zero-order chi connectivity index (χ0) is 11.4. The van der Waals surface area contributed by atoms with Crippen molar-refractivity contribution < 1.29 is 5.11 Å². The maximum atomic E-state index is 9.80. The first kappa shape index (κ1) is 11.9. The molecule has 0 radical (unpaired) electrons. The Morgan fingerprint density at radius 3 is 2.33 bits per heavy atom. The van der Waals surface area contributed by atoms with Crippen LogP contribution in [0.1, 0.15) is 32.4 Å². The first-order valence-electron chi connectivity index (χ1n) is 5.43. The third-order valence-corrected chi connectivity index (χ3v) is 2.63. The number of aromatic hydroxyl groups is 1. The maximum Gasteiger partial charge on any atom is 0.122 e. The van der Waals surface area contributed by atoms with Crippen LogP contribution in [0.2, 0.25) is 0 Å². The van der Waals surface area contributed by atoms with Crippen molar-refractivity contribution in [3.8, 4) is 5.75 Å². The highest BCUT2D eigenvalue weighted by Crippen LogP contribution is 2.27. The molecule has 15 heavy (non-hydrogen) atoms. The fourth-order valence-electron chi connectivity index (χ4n) is 1.70. The number of phenolic OH excluding ortho intramolecular Hbond substituents is 1. The Hall–Kier alpha value is -1.22. The minimum Gasteiger partial charge on any atom is -0.508 e. The predicted molar refractivity (Wildman–Crippen MR) is 64.3 cm³/mol. The lowest BCUT2D eigenvalue weighted by Crippen LogP contribution is -2.21. The maximum absolute atomic E-state index is 9.80. The van der Waals surface area contributed by atoms with Crippen LogP contribution in [0.15, 0.2) is 18.2 Å². The highest BCUT2D eigenvalue weighted by molar-refractivity contribution is 5.53. The van der Waals surface area contributed by atoms with Gasteiger partial charge in [0.1, 0.15) is 5.75 Å². The Morgan fingerprint density at radius 2 is 1.93 bits per heavy atom. The third-order valence-electron chi connectivity index (χ3n) is 2.63. The molecule has 1 atom stereocenters. The van der Waals surface area contributed by atoms with Gasteiger partial charge in [-0.3, -0.25) is 0 Å². The van der Waals surface area contributed by atoms with Gasteiger partial charge in [0, 0.05) is 36.4 Å². The average Bonchev–Trinajstić information content (AvgIpc) is 2.19. The van der Waals surface area contributed by atoms with Gasteiger partial charge in [-0.15, -0.1) is 0 Å². The molecular weight excluding hydrogens is 188 g/mol. The van der Waals surface area contributed by atoms with Gasteiger partial charge >= 0.3 is 0 Å². The lowest BCUT2D eigenvalue weighted by molar-refractivity contribution is 0.463. The molecule has 0 spiro atoms. The quantitative estimate of drug-likeness (QED) is 0.798. The molecule has 1 aromatic rings. The van der Waals surface area contributed by atoms with E-state index < -0.39 is 0 Å². The lowest BCUT2D eigenvalue weighted by Gasteiger charge is -2.22. The molecule has 0 saturated carbocycles. The molecule has 3 heteroatoms. The van der Waals surface area contributed by atoms with E-state index >= 15 is 0 Å². The summed E-state index contributed by atoms with van der Waals surface area (Å²) < 4.78 is 0. The van der Waals surface area contributed by atoms with Gasteiger partial charge in [0.2, 0.25) is 0 Å². The zero-order valence-corrected chi connectivity index (χ0v) is 9.70. The highest BCUT2D eigenvalue weighted by Gasteiger charge is 2.08. The van der Waals surface area contributed by atoms with Crippen molar-refractivity contribution in [2.24, 2.45) is 5.73 Å². The number of nitrogens with zero attached hydrogens (tertiary/aromatic N) is 1. The van der Waals surface area contributed by atoms with Crippen LogP contribution >= 0.6 is 0 Å². The molecule has 0 aliphatic rings. The molecule has 0 heterocycles. The van der Waals surface area contributed by atoms with Crippen LogP contribution in [-0.4, -0.2) is 18.2 Å². The van der Waals surface area contributed by atoms with E-state index in [9.17, 15) is 5.11 Å². The number of phenols is 1. The Kier molecular flexibility index (Phi) is 3.97.